The Morgan fingerprint density at radius 2 is 1.58 bits per heavy atom. The minimum absolute atomic E-state index is 0.0836. The number of nitrogens with zero attached hydrogens (tertiary/aromatic N) is 1. The summed E-state index contributed by atoms with van der Waals surface area (Å²) in [6.07, 6.45) is 6.40. The number of hydrogen-bond donors (Lipinski definition) is 1. The average Bonchev–Trinajstić information content (AvgIpc) is 2.62. The second-order valence-corrected chi connectivity index (χ2v) is 7.29. The Balaban J connectivity index is 1.54. The number of aliphatic carboxylic acids is 1. The summed E-state index contributed by atoms with van der Waals surface area (Å²) in [5, 5.41) is 9.39. The van der Waals surface area contributed by atoms with Crippen molar-refractivity contribution in [3.63, 3.8) is 0 Å². The number of hydrogen-bond acceptors (Lipinski definition) is 2. The van der Waals surface area contributed by atoms with E-state index in [1.807, 2.05) is 11.0 Å². The molecule has 3 rings (SSSR count). The van der Waals surface area contributed by atoms with Gasteiger partial charge in [-0.2, -0.15) is 0 Å². The minimum Gasteiger partial charge on any atom is -0.481 e. The number of amides is 1. The Hall–Kier alpha value is -1.84. The van der Waals surface area contributed by atoms with Crippen molar-refractivity contribution in [2.24, 2.45) is 17.8 Å². The Bertz CT molecular complexity index is 564. The van der Waals surface area contributed by atoms with Crippen LogP contribution >= 0.6 is 0 Å². The third-order valence-corrected chi connectivity index (χ3v) is 5.69. The van der Waals surface area contributed by atoms with Crippen LogP contribution in [0.1, 0.15) is 44.1 Å². The number of carbonyl (C=O) groups is 2. The van der Waals surface area contributed by atoms with Crippen molar-refractivity contribution in [3.05, 3.63) is 35.9 Å². The number of likely N-dealkylation sites (tertiary alicyclic amines) is 1. The number of piperidine rings is 1. The molecule has 0 radical (unpaired) electrons. The van der Waals surface area contributed by atoms with Crippen molar-refractivity contribution in [2.75, 3.05) is 13.1 Å². The first-order chi connectivity index (χ1) is 11.6. The molecule has 4 nitrogen and oxygen atoms in total. The largest absolute Gasteiger partial charge is 0.481 e. The molecule has 1 saturated carbocycles. The summed E-state index contributed by atoms with van der Waals surface area (Å²) in [5.74, 6) is -0.874. The highest BCUT2D eigenvalue weighted by atomic mass is 16.4. The number of carboxylic acid groups (broad SMARTS) is 1. The fourth-order valence-electron chi connectivity index (χ4n) is 4.26. The lowest BCUT2D eigenvalue weighted by Gasteiger charge is -2.37. The van der Waals surface area contributed by atoms with Gasteiger partial charge in [0.1, 0.15) is 0 Å². The van der Waals surface area contributed by atoms with Crippen molar-refractivity contribution in [1.29, 1.82) is 0 Å². The summed E-state index contributed by atoms with van der Waals surface area (Å²) >= 11 is 0. The Kier molecular flexibility index (Phi) is 5.54. The van der Waals surface area contributed by atoms with Crippen LogP contribution in [-0.4, -0.2) is 35.0 Å². The van der Waals surface area contributed by atoms with E-state index in [2.05, 4.69) is 24.3 Å². The molecule has 2 aliphatic rings. The molecule has 1 N–H and O–H groups in total. The maximum absolute atomic E-state index is 12.8. The molecular weight excluding hydrogens is 302 g/mol. The topological polar surface area (TPSA) is 57.6 Å². The van der Waals surface area contributed by atoms with Crippen LogP contribution in [0, 0.1) is 17.8 Å². The van der Waals surface area contributed by atoms with Gasteiger partial charge in [-0.05, 0) is 43.6 Å². The Morgan fingerprint density at radius 3 is 2.21 bits per heavy atom. The first-order valence-electron chi connectivity index (χ1n) is 9.20. The van der Waals surface area contributed by atoms with Crippen molar-refractivity contribution in [2.45, 2.75) is 44.9 Å². The molecule has 0 spiro atoms. The van der Waals surface area contributed by atoms with Crippen LogP contribution < -0.4 is 0 Å². The van der Waals surface area contributed by atoms with Gasteiger partial charge in [0.15, 0.2) is 0 Å². The summed E-state index contributed by atoms with van der Waals surface area (Å²) < 4.78 is 0. The molecule has 0 bridgehead atoms. The molecular formula is C20H27NO3. The lowest BCUT2D eigenvalue weighted by molar-refractivity contribution is -0.152. The van der Waals surface area contributed by atoms with Gasteiger partial charge < -0.3 is 10.0 Å². The second kappa shape index (κ2) is 7.82. The molecule has 0 unspecified atom stereocenters. The lowest BCUT2D eigenvalue weighted by Crippen LogP contribution is -2.46. The fourth-order valence-corrected chi connectivity index (χ4v) is 4.26. The van der Waals surface area contributed by atoms with Crippen LogP contribution in [0.4, 0.5) is 0 Å². The first kappa shape index (κ1) is 17.0. The molecule has 4 heteroatoms. The van der Waals surface area contributed by atoms with E-state index in [0.717, 1.165) is 51.6 Å². The molecule has 24 heavy (non-hydrogen) atoms. The summed E-state index contributed by atoms with van der Waals surface area (Å²) in [4.78, 5) is 26.2. The van der Waals surface area contributed by atoms with Gasteiger partial charge in [0.25, 0.3) is 0 Å². The molecule has 1 heterocycles. The van der Waals surface area contributed by atoms with Gasteiger partial charge in [-0.25, -0.2) is 0 Å². The van der Waals surface area contributed by atoms with Crippen molar-refractivity contribution in [3.8, 4) is 0 Å². The van der Waals surface area contributed by atoms with Crippen LogP contribution in [0.15, 0.2) is 30.3 Å². The average molecular weight is 329 g/mol. The minimum atomic E-state index is -0.799. The Labute approximate surface area is 143 Å². The van der Waals surface area contributed by atoms with Crippen LogP contribution in [-0.2, 0) is 16.0 Å². The molecule has 2 fully saturated rings. The Morgan fingerprint density at radius 1 is 0.958 bits per heavy atom. The smallest absolute Gasteiger partial charge is 0.307 e. The third-order valence-electron chi connectivity index (χ3n) is 5.69. The van der Waals surface area contributed by atoms with Crippen LogP contribution in [0.2, 0.25) is 0 Å². The quantitative estimate of drug-likeness (QED) is 0.921. The van der Waals surface area contributed by atoms with Crippen LogP contribution in [0.25, 0.3) is 0 Å². The standard InChI is InChI=1S/C20H27NO3/c22-19(17-8-4-5-9-18(17)20(23)24)21-12-10-16(11-13-21)14-15-6-2-1-3-7-15/h1-3,6-7,16-18H,4-5,8-14H2,(H,23,24)/t17-,18-/m0/s1. The van der Waals surface area contributed by atoms with E-state index in [9.17, 15) is 14.7 Å². The molecule has 1 aromatic carbocycles. The van der Waals surface area contributed by atoms with Gasteiger partial charge in [0, 0.05) is 13.1 Å². The molecule has 130 valence electrons. The van der Waals surface area contributed by atoms with Crippen molar-refractivity contribution >= 4 is 11.9 Å². The predicted octanol–water partition coefficient (Wildman–Crippen LogP) is 3.36. The van der Waals surface area contributed by atoms with E-state index in [1.165, 1.54) is 5.56 Å². The maximum Gasteiger partial charge on any atom is 0.307 e. The van der Waals surface area contributed by atoms with Gasteiger partial charge in [-0.15, -0.1) is 0 Å². The lowest BCUT2D eigenvalue weighted by atomic mass is 9.78. The first-order valence-corrected chi connectivity index (χ1v) is 9.20. The van der Waals surface area contributed by atoms with E-state index in [1.54, 1.807) is 0 Å². The van der Waals surface area contributed by atoms with E-state index < -0.39 is 11.9 Å². The monoisotopic (exact) mass is 329 g/mol. The highest BCUT2D eigenvalue weighted by molar-refractivity contribution is 5.85. The highest BCUT2D eigenvalue weighted by Gasteiger charge is 2.38. The molecule has 1 saturated heterocycles. The zero-order valence-corrected chi connectivity index (χ0v) is 14.2. The van der Waals surface area contributed by atoms with Gasteiger partial charge >= 0.3 is 5.97 Å². The van der Waals surface area contributed by atoms with Gasteiger partial charge in [-0.1, -0.05) is 43.2 Å². The number of rotatable bonds is 4. The number of carboxylic acids is 1. The normalized spacial score (nSPS) is 25.4. The van der Waals surface area contributed by atoms with Crippen LogP contribution in [0.3, 0.4) is 0 Å². The van der Waals surface area contributed by atoms with Crippen molar-refractivity contribution < 1.29 is 14.7 Å². The van der Waals surface area contributed by atoms with E-state index in [0.29, 0.717) is 12.3 Å². The maximum atomic E-state index is 12.8. The SMILES string of the molecule is O=C(O)[C@H]1CCCC[C@@H]1C(=O)N1CCC(Cc2ccccc2)CC1. The second-order valence-electron chi connectivity index (χ2n) is 7.29. The summed E-state index contributed by atoms with van der Waals surface area (Å²) in [6, 6.07) is 10.5. The summed E-state index contributed by atoms with van der Waals surface area (Å²) in [6.45, 7) is 1.55. The molecule has 2 atom stereocenters. The molecule has 1 aliphatic heterocycles. The number of benzene rings is 1. The predicted molar refractivity (Wildman–Crippen MR) is 92.5 cm³/mol. The van der Waals surface area contributed by atoms with Gasteiger partial charge in [0.2, 0.25) is 5.91 Å². The molecule has 1 aliphatic carbocycles. The summed E-state index contributed by atoms with van der Waals surface area (Å²) in [5.41, 5.74) is 1.36. The fraction of sp³-hybridized carbons (Fsp3) is 0.600. The molecule has 0 aromatic heterocycles. The molecule has 1 aromatic rings. The van der Waals surface area contributed by atoms with E-state index in [4.69, 9.17) is 0 Å². The van der Waals surface area contributed by atoms with Crippen LogP contribution in [0.5, 0.6) is 0 Å². The molecule has 1 amide bonds. The highest BCUT2D eigenvalue weighted by Crippen LogP contribution is 2.33. The third kappa shape index (κ3) is 3.97. The zero-order chi connectivity index (χ0) is 16.9. The zero-order valence-electron chi connectivity index (χ0n) is 14.2. The van der Waals surface area contributed by atoms with Gasteiger partial charge in [0.05, 0.1) is 11.8 Å². The summed E-state index contributed by atoms with van der Waals surface area (Å²) in [7, 11) is 0. The van der Waals surface area contributed by atoms with Gasteiger partial charge in [-0.3, -0.25) is 9.59 Å². The van der Waals surface area contributed by atoms with E-state index >= 15 is 0 Å². The van der Waals surface area contributed by atoms with Crippen molar-refractivity contribution in [1.82, 2.24) is 4.90 Å². The van der Waals surface area contributed by atoms with E-state index in [-0.39, 0.29) is 11.8 Å². The number of carbonyl (C=O) groups excluding carboxylic acids is 1.